The van der Waals surface area contributed by atoms with Crippen molar-refractivity contribution >= 4 is 16.9 Å². The molecule has 1 saturated heterocycles. The van der Waals surface area contributed by atoms with Gasteiger partial charge in [-0.15, -0.1) is 0 Å². The molecule has 0 unspecified atom stereocenters. The maximum absolute atomic E-state index is 13.1. The summed E-state index contributed by atoms with van der Waals surface area (Å²) in [5.74, 6) is 0.197. The monoisotopic (exact) mass is 421 g/mol. The minimum Gasteiger partial charge on any atom is -0.381 e. The third-order valence-corrected chi connectivity index (χ3v) is 6.52. The van der Waals surface area contributed by atoms with Gasteiger partial charge in [-0.05, 0) is 42.2 Å². The molecule has 5 heteroatoms. The van der Waals surface area contributed by atoms with Gasteiger partial charge in [0.25, 0.3) is 0 Å². The van der Waals surface area contributed by atoms with Gasteiger partial charge in [-0.25, -0.2) is 4.52 Å². The molecule has 1 aliphatic heterocycles. The lowest BCUT2D eigenvalue weighted by atomic mass is 9.91. The van der Waals surface area contributed by atoms with Gasteiger partial charge in [-0.2, -0.15) is 5.10 Å². The molecule has 4 aromatic rings. The highest BCUT2D eigenvalue weighted by Gasteiger charge is 2.26. The molecule has 1 aromatic carbocycles. The van der Waals surface area contributed by atoms with Crippen molar-refractivity contribution in [2.45, 2.75) is 19.3 Å². The molecule has 0 bridgehead atoms. The predicted octanol–water partition coefficient (Wildman–Crippen LogP) is 4.99. The Morgan fingerprint density at radius 3 is 2.69 bits per heavy atom. The third-order valence-electron chi connectivity index (χ3n) is 6.52. The molecule has 32 heavy (non-hydrogen) atoms. The van der Waals surface area contributed by atoms with Gasteiger partial charge in [0, 0.05) is 42.9 Å². The van der Waals surface area contributed by atoms with Crippen LogP contribution in [0.2, 0.25) is 0 Å². The molecule has 2 aliphatic rings. The zero-order valence-electron chi connectivity index (χ0n) is 17.7. The van der Waals surface area contributed by atoms with Gasteiger partial charge in [0.1, 0.15) is 0 Å². The Hall–Kier alpha value is -3.57. The van der Waals surface area contributed by atoms with Crippen LogP contribution in [-0.4, -0.2) is 33.6 Å². The van der Waals surface area contributed by atoms with Crippen LogP contribution in [0.1, 0.15) is 40.0 Å². The molecule has 0 spiro atoms. The van der Waals surface area contributed by atoms with Gasteiger partial charge in [0.05, 0.1) is 28.7 Å². The van der Waals surface area contributed by atoms with E-state index >= 15 is 0 Å². The molecule has 0 radical (unpaired) electrons. The lowest BCUT2D eigenvalue weighted by Crippen LogP contribution is -2.23. The summed E-state index contributed by atoms with van der Waals surface area (Å²) in [5.41, 5.74) is 8.19. The van der Waals surface area contributed by atoms with Crippen molar-refractivity contribution in [2.24, 2.45) is 5.92 Å². The smallest absolute Gasteiger partial charge is 0.169 e. The lowest BCUT2D eigenvalue weighted by Gasteiger charge is -2.20. The number of allylic oxidation sites excluding steroid dienone is 1. The van der Waals surface area contributed by atoms with Gasteiger partial charge in [-0.1, -0.05) is 42.5 Å². The molecule has 1 aliphatic carbocycles. The number of pyridine rings is 2. The highest BCUT2D eigenvalue weighted by molar-refractivity contribution is 6.04. The SMILES string of the molecule is O=C(c1cnn2ccc(C3=CCc4nc(-c5ccccc5)ccc43)cc12)C1CCOCC1. The number of hydrogen-bond donors (Lipinski definition) is 0. The van der Waals surface area contributed by atoms with Crippen LogP contribution in [0.4, 0.5) is 0 Å². The van der Waals surface area contributed by atoms with E-state index in [0.717, 1.165) is 52.9 Å². The zero-order valence-corrected chi connectivity index (χ0v) is 17.7. The van der Waals surface area contributed by atoms with Gasteiger partial charge in [0.2, 0.25) is 0 Å². The van der Waals surface area contributed by atoms with Crippen LogP contribution in [0.15, 0.2) is 73.1 Å². The Kier molecular flexibility index (Phi) is 4.69. The number of carbonyl (C=O) groups is 1. The van der Waals surface area contributed by atoms with Crippen LogP contribution in [0.3, 0.4) is 0 Å². The van der Waals surface area contributed by atoms with E-state index in [1.165, 1.54) is 5.57 Å². The quantitative estimate of drug-likeness (QED) is 0.436. The minimum absolute atomic E-state index is 0.0208. The van der Waals surface area contributed by atoms with E-state index in [-0.39, 0.29) is 11.7 Å². The number of ketones is 1. The summed E-state index contributed by atoms with van der Waals surface area (Å²) >= 11 is 0. The van der Waals surface area contributed by atoms with Crippen molar-refractivity contribution in [3.8, 4) is 11.3 Å². The van der Waals surface area contributed by atoms with E-state index in [0.29, 0.717) is 18.8 Å². The summed E-state index contributed by atoms with van der Waals surface area (Å²) in [6, 6.07) is 18.7. The van der Waals surface area contributed by atoms with Gasteiger partial charge in [0.15, 0.2) is 5.78 Å². The lowest BCUT2D eigenvalue weighted by molar-refractivity contribution is 0.0546. The molecule has 6 rings (SSSR count). The Morgan fingerprint density at radius 1 is 1.00 bits per heavy atom. The highest BCUT2D eigenvalue weighted by Crippen LogP contribution is 2.34. The second-order valence-corrected chi connectivity index (χ2v) is 8.43. The van der Waals surface area contributed by atoms with Crippen LogP contribution in [-0.2, 0) is 11.2 Å². The molecular weight excluding hydrogens is 398 g/mol. The number of fused-ring (bicyclic) bond motifs is 2. The van der Waals surface area contributed by atoms with E-state index in [1.54, 1.807) is 10.7 Å². The first-order chi connectivity index (χ1) is 15.8. The molecule has 0 saturated carbocycles. The molecule has 3 aromatic heterocycles. The van der Waals surface area contributed by atoms with Gasteiger partial charge < -0.3 is 4.74 Å². The summed E-state index contributed by atoms with van der Waals surface area (Å²) in [4.78, 5) is 18.1. The molecular formula is C27H23N3O2. The average molecular weight is 422 g/mol. The van der Waals surface area contributed by atoms with Gasteiger partial charge in [-0.3, -0.25) is 9.78 Å². The number of rotatable bonds is 4. The normalized spacial score (nSPS) is 16.2. The molecule has 0 amide bonds. The Balaban J connectivity index is 1.34. The number of hydrogen-bond acceptors (Lipinski definition) is 4. The summed E-state index contributed by atoms with van der Waals surface area (Å²) < 4.78 is 7.22. The van der Waals surface area contributed by atoms with Crippen LogP contribution in [0.25, 0.3) is 22.3 Å². The fourth-order valence-electron chi connectivity index (χ4n) is 4.77. The second-order valence-electron chi connectivity index (χ2n) is 8.43. The van der Waals surface area contributed by atoms with E-state index in [9.17, 15) is 4.79 Å². The fraction of sp³-hybridized carbons (Fsp3) is 0.222. The largest absolute Gasteiger partial charge is 0.381 e. The maximum atomic E-state index is 13.1. The first kappa shape index (κ1) is 19.1. The first-order valence-electron chi connectivity index (χ1n) is 11.1. The van der Waals surface area contributed by atoms with Crippen molar-refractivity contribution in [3.05, 3.63) is 95.5 Å². The van der Waals surface area contributed by atoms with Crippen molar-refractivity contribution in [3.63, 3.8) is 0 Å². The molecule has 1 fully saturated rings. The van der Waals surface area contributed by atoms with Crippen molar-refractivity contribution in [2.75, 3.05) is 13.2 Å². The predicted molar refractivity (Wildman–Crippen MR) is 124 cm³/mol. The van der Waals surface area contributed by atoms with Crippen LogP contribution in [0, 0.1) is 5.92 Å². The Morgan fingerprint density at radius 2 is 1.84 bits per heavy atom. The molecule has 5 nitrogen and oxygen atoms in total. The molecule has 158 valence electrons. The summed E-state index contributed by atoms with van der Waals surface area (Å²) in [6.07, 6.45) is 8.25. The Bertz CT molecular complexity index is 1350. The summed E-state index contributed by atoms with van der Waals surface area (Å²) in [7, 11) is 0. The van der Waals surface area contributed by atoms with Crippen LogP contribution < -0.4 is 0 Å². The molecule has 0 atom stereocenters. The average Bonchev–Trinajstić information content (AvgIpc) is 3.48. The van der Waals surface area contributed by atoms with E-state index in [2.05, 4.69) is 47.6 Å². The number of carbonyl (C=O) groups excluding carboxylic acids is 1. The number of aromatic nitrogens is 3. The molecule has 0 N–H and O–H groups in total. The molecule has 4 heterocycles. The summed E-state index contributed by atoms with van der Waals surface area (Å²) in [6.45, 7) is 1.31. The second kappa shape index (κ2) is 7.84. The van der Waals surface area contributed by atoms with Gasteiger partial charge >= 0.3 is 0 Å². The first-order valence-corrected chi connectivity index (χ1v) is 11.1. The number of benzene rings is 1. The van der Waals surface area contributed by atoms with Crippen molar-refractivity contribution in [1.82, 2.24) is 14.6 Å². The van der Waals surface area contributed by atoms with Crippen LogP contribution in [0.5, 0.6) is 0 Å². The number of ether oxygens (including phenoxy) is 1. The minimum atomic E-state index is 0.0208. The van der Waals surface area contributed by atoms with Crippen molar-refractivity contribution < 1.29 is 9.53 Å². The summed E-state index contributed by atoms with van der Waals surface area (Å²) in [5, 5.41) is 4.42. The Labute approximate surface area is 186 Å². The fourth-order valence-corrected chi connectivity index (χ4v) is 4.77. The highest BCUT2D eigenvalue weighted by atomic mass is 16.5. The van der Waals surface area contributed by atoms with E-state index in [4.69, 9.17) is 9.72 Å². The van der Waals surface area contributed by atoms with Crippen molar-refractivity contribution in [1.29, 1.82) is 0 Å². The maximum Gasteiger partial charge on any atom is 0.169 e. The number of nitrogens with zero attached hydrogens (tertiary/aromatic N) is 3. The topological polar surface area (TPSA) is 56.5 Å². The third kappa shape index (κ3) is 3.26. The standard InChI is InChI=1S/C27H23N3O2/c31-27(19-11-14-32-15-12-19)23-17-28-30-13-10-20(16-26(23)30)21-6-9-25-22(21)7-8-24(29-25)18-4-2-1-3-5-18/h1-8,10,13,16-17,19H,9,11-12,14-15H2. The van der Waals surface area contributed by atoms with E-state index < -0.39 is 0 Å². The number of Topliss-reactive ketones (excluding diaryl/α,β-unsaturated/α-hetero) is 1. The van der Waals surface area contributed by atoms with Crippen LogP contribution >= 0.6 is 0 Å². The zero-order chi connectivity index (χ0) is 21.5. The van der Waals surface area contributed by atoms with E-state index in [1.807, 2.05) is 24.4 Å².